The summed E-state index contributed by atoms with van der Waals surface area (Å²) in [6.07, 6.45) is 7.63. The number of hydrogen-bond acceptors (Lipinski definition) is 3. The lowest BCUT2D eigenvalue weighted by atomic mass is 9.96. The third-order valence-corrected chi connectivity index (χ3v) is 5.15. The number of hydrogen-bond donors (Lipinski definition) is 2. The molecule has 0 radical (unpaired) electrons. The van der Waals surface area contributed by atoms with E-state index >= 15 is 0 Å². The Bertz CT molecular complexity index is 521. The molecule has 1 saturated carbocycles. The van der Waals surface area contributed by atoms with Crippen molar-refractivity contribution in [3.63, 3.8) is 0 Å². The molecule has 1 atom stereocenters. The monoisotopic (exact) mass is 316 g/mol. The molecule has 2 fully saturated rings. The Balaban J connectivity index is 1.36. The van der Waals surface area contributed by atoms with Crippen LogP contribution in [0.3, 0.4) is 0 Å². The number of benzene rings is 1. The first-order valence-corrected chi connectivity index (χ1v) is 8.95. The average molecular weight is 316 g/mol. The number of rotatable bonds is 6. The minimum absolute atomic E-state index is 0.0660. The number of aryl methyl sites for hydroxylation is 1. The van der Waals surface area contributed by atoms with E-state index in [-0.39, 0.29) is 11.5 Å². The summed E-state index contributed by atoms with van der Waals surface area (Å²) in [5, 5.41) is 6.44. The van der Waals surface area contributed by atoms with Crippen LogP contribution in [0, 0.1) is 0 Å². The number of ether oxygens (including phenoxy) is 1. The highest BCUT2D eigenvalue weighted by atomic mass is 16.5. The van der Waals surface area contributed by atoms with E-state index < -0.39 is 0 Å². The maximum absolute atomic E-state index is 12.0. The van der Waals surface area contributed by atoms with Gasteiger partial charge in [0.1, 0.15) is 0 Å². The second kappa shape index (κ2) is 7.45. The van der Waals surface area contributed by atoms with Gasteiger partial charge < -0.3 is 15.4 Å². The van der Waals surface area contributed by atoms with Gasteiger partial charge in [-0.2, -0.15) is 0 Å². The van der Waals surface area contributed by atoms with E-state index in [2.05, 4.69) is 29.7 Å². The molecule has 126 valence electrons. The van der Waals surface area contributed by atoms with Gasteiger partial charge in [-0.05, 0) is 43.4 Å². The zero-order chi connectivity index (χ0) is 16.1. The highest BCUT2D eigenvalue weighted by molar-refractivity contribution is 5.90. The zero-order valence-electron chi connectivity index (χ0n) is 14.1. The smallest absolute Gasteiger partial charge is 0.225 e. The fourth-order valence-electron chi connectivity index (χ4n) is 3.78. The third kappa shape index (κ3) is 4.33. The Morgan fingerprint density at radius 3 is 2.70 bits per heavy atom. The van der Waals surface area contributed by atoms with Crippen molar-refractivity contribution in [3.8, 4) is 0 Å². The molecule has 1 aromatic carbocycles. The molecule has 0 bridgehead atoms. The second-order valence-corrected chi connectivity index (χ2v) is 6.90. The maximum atomic E-state index is 12.0. The summed E-state index contributed by atoms with van der Waals surface area (Å²) in [5.41, 5.74) is 2.31. The van der Waals surface area contributed by atoms with Crippen LogP contribution < -0.4 is 10.6 Å². The van der Waals surface area contributed by atoms with E-state index in [0.29, 0.717) is 19.0 Å². The van der Waals surface area contributed by atoms with E-state index in [1.165, 1.54) is 31.2 Å². The summed E-state index contributed by atoms with van der Waals surface area (Å²) >= 11 is 0. The Hall–Kier alpha value is -1.39. The third-order valence-electron chi connectivity index (χ3n) is 5.15. The Kier molecular flexibility index (Phi) is 5.34. The molecule has 1 amide bonds. The lowest BCUT2D eigenvalue weighted by Crippen LogP contribution is -2.33. The van der Waals surface area contributed by atoms with Crippen LogP contribution >= 0.6 is 0 Å². The van der Waals surface area contributed by atoms with Gasteiger partial charge in [-0.1, -0.05) is 31.9 Å². The maximum Gasteiger partial charge on any atom is 0.225 e. The van der Waals surface area contributed by atoms with Gasteiger partial charge in [-0.25, -0.2) is 0 Å². The van der Waals surface area contributed by atoms with Crippen molar-refractivity contribution >= 4 is 11.6 Å². The van der Waals surface area contributed by atoms with Crippen molar-refractivity contribution in [2.24, 2.45) is 0 Å². The highest BCUT2D eigenvalue weighted by Crippen LogP contribution is 2.40. The minimum atomic E-state index is 0.0660. The Morgan fingerprint density at radius 2 is 2.00 bits per heavy atom. The summed E-state index contributed by atoms with van der Waals surface area (Å²) in [6, 6.07) is 8.47. The molecule has 1 heterocycles. The standard InChI is InChI=1S/C19H28N2O2/c1-2-15-5-7-16(8-6-15)21-18(22)9-12-20-17-13-19(23-14-17)10-3-4-11-19/h5-8,17,20H,2-4,9-14H2,1H3,(H,21,22)/t17-/m1/s1. The van der Waals surface area contributed by atoms with Crippen LogP contribution in [0.4, 0.5) is 5.69 Å². The summed E-state index contributed by atoms with van der Waals surface area (Å²) in [7, 11) is 0. The molecule has 0 unspecified atom stereocenters. The average Bonchev–Trinajstić information content (AvgIpc) is 3.18. The summed E-state index contributed by atoms with van der Waals surface area (Å²) in [4.78, 5) is 12.0. The molecule has 1 aromatic rings. The molecule has 3 rings (SSSR count). The van der Waals surface area contributed by atoms with E-state index in [9.17, 15) is 4.79 Å². The molecule has 1 aliphatic heterocycles. The largest absolute Gasteiger partial charge is 0.373 e. The summed E-state index contributed by atoms with van der Waals surface area (Å²) in [5.74, 6) is 0.0660. The van der Waals surface area contributed by atoms with Gasteiger partial charge >= 0.3 is 0 Å². The van der Waals surface area contributed by atoms with Gasteiger partial charge in [0, 0.05) is 24.7 Å². The van der Waals surface area contributed by atoms with Gasteiger partial charge in [-0.15, -0.1) is 0 Å². The fraction of sp³-hybridized carbons (Fsp3) is 0.632. The van der Waals surface area contributed by atoms with Crippen LogP contribution in [0.2, 0.25) is 0 Å². The molecule has 2 aliphatic rings. The van der Waals surface area contributed by atoms with Crippen molar-refractivity contribution in [1.82, 2.24) is 5.32 Å². The van der Waals surface area contributed by atoms with Crippen LogP contribution in [0.5, 0.6) is 0 Å². The molecule has 1 saturated heterocycles. The first-order valence-electron chi connectivity index (χ1n) is 8.95. The number of carbonyl (C=O) groups excluding carboxylic acids is 1. The molecule has 1 aliphatic carbocycles. The van der Waals surface area contributed by atoms with E-state index in [1.807, 2.05) is 12.1 Å². The number of carbonyl (C=O) groups is 1. The molecule has 0 aromatic heterocycles. The predicted molar refractivity (Wildman–Crippen MR) is 92.6 cm³/mol. The molecule has 23 heavy (non-hydrogen) atoms. The molecule has 1 spiro atoms. The Labute approximate surface area is 139 Å². The molecule has 4 heteroatoms. The zero-order valence-corrected chi connectivity index (χ0v) is 14.1. The highest BCUT2D eigenvalue weighted by Gasteiger charge is 2.42. The van der Waals surface area contributed by atoms with Crippen LogP contribution in [0.1, 0.15) is 51.0 Å². The van der Waals surface area contributed by atoms with Gasteiger partial charge in [0.2, 0.25) is 5.91 Å². The van der Waals surface area contributed by atoms with Gasteiger partial charge in [0.15, 0.2) is 0 Å². The first-order chi connectivity index (χ1) is 11.2. The van der Waals surface area contributed by atoms with Crippen LogP contribution in [-0.2, 0) is 16.0 Å². The number of nitrogens with one attached hydrogen (secondary N) is 2. The number of anilines is 1. The fourth-order valence-corrected chi connectivity index (χ4v) is 3.78. The molecule has 2 N–H and O–H groups in total. The summed E-state index contributed by atoms with van der Waals surface area (Å²) in [6.45, 7) is 3.63. The lowest BCUT2D eigenvalue weighted by molar-refractivity contribution is -0.116. The van der Waals surface area contributed by atoms with Crippen molar-refractivity contribution in [3.05, 3.63) is 29.8 Å². The second-order valence-electron chi connectivity index (χ2n) is 6.90. The van der Waals surface area contributed by atoms with Gasteiger partial charge in [0.25, 0.3) is 0 Å². The van der Waals surface area contributed by atoms with E-state index in [4.69, 9.17) is 4.74 Å². The van der Waals surface area contributed by atoms with E-state index in [0.717, 1.165) is 25.1 Å². The van der Waals surface area contributed by atoms with Crippen molar-refractivity contribution in [2.45, 2.75) is 63.5 Å². The van der Waals surface area contributed by atoms with Crippen molar-refractivity contribution < 1.29 is 9.53 Å². The molecular formula is C19H28N2O2. The molecular weight excluding hydrogens is 288 g/mol. The topological polar surface area (TPSA) is 50.4 Å². The van der Waals surface area contributed by atoms with Gasteiger partial charge in [-0.3, -0.25) is 4.79 Å². The normalized spacial score (nSPS) is 22.6. The first kappa shape index (κ1) is 16.5. The quantitative estimate of drug-likeness (QED) is 0.847. The summed E-state index contributed by atoms with van der Waals surface area (Å²) < 4.78 is 6.03. The predicted octanol–water partition coefficient (Wildman–Crippen LogP) is 3.27. The molecule has 4 nitrogen and oxygen atoms in total. The SMILES string of the molecule is CCc1ccc(NC(=O)CCN[C@H]2COC3(CCCC3)C2)cc1. The van der Waals surface area contributed by atoms with Gasteiger partial charge in [0.05, 0.1) is 12.2 Å². The lowest BCUT2D eigenvalue weighted by Gasteiger charge is -2.21. The van der Waals surface area contributed by atoms with E-state index in [1.54, 1.807) is 0 Å². The minimum Gasteiger partial charge on any atom is -0.373 e. The van der Waals surface area contributed by atoms with Crippen molar-refractivity contribution in [2.75, 3.05) is 18.5 Å². The van der Waals surface area contributed by atoms with Crippen molar-refractivity contribution in [1.29, 1.82) is 0 Å². The van der Waals surface area contributed by atoms with Crippen LogP contribution in [0.15, 0.2) is 24.3 Å². The Morgan fingerprint density at radius 1 is 1.26 bits per heavy atom. The van der Waals surface area contributed by atoms with Crippen LogP contribution in [0.25, 0.3) is 0 Å². The van der Waals surface area contributed by atoms with Crippen LogP contribution in [-0.4, -0.2) is 30.7 Å². The number of amides is 1.